The Balaban J connectivity index is 1.66. The molecule has 104 valence electrons. The largest absolute Gasteiger partial charge is 0.497 e. The van der Waals surface area contributed by atoms with Crippen LogP contribution in [0.5, 0.6) is 11.5 Å². The molecule has 2 aromatic carbocycles. The second-order valence-electron chi connectivity index (χ2n) is 4.94. The number of fused-ring (bicyclic) bond motifs is 1. The Morgan fingerprint density at radius 1 is 1.05 bits per heavy atom. The highest BCUT2D eigenvalue weighted by Gasteiger charge is 2.19. The van der Waals surface area contributed by atoms with Crippen molar-refractivity contribution in [3.8, 4) is 11.5 Å². The van der Waals surface area contributed by atoms with Crippen molar-refractivity contribution in [2.24, 2.45) is 0 Å². The van der Waals surface area contributed by atoms with E-state index < -0.39 is 0 Å². The molecule has 1 aliphatic heterocycles. The summed E-state index contributed by atoms with van der Waals surface area (Å²) in [7, 11) is 1.67. The summed E-state index contributed by atoms with van der Waals surface area (Å²) in [6, 6.07) is 16.6. The maximum Gasteiger partial charge on any atom is 0.119 e. The lowest BCUT2D eigenvalue weighted by Gasteiger charge is -2.26. The first-order chi connectivity index (χ1) is 9.86. The molecule has 3 rings (SSSR count). The molecule has 0 saturated heterocycles. The molecule has 0 fully saturated rings. The Morgan fingerprint density at radius 3 is 2.60 bits per heavy atom. The van der Waals surface area contributed by atoms with Gasteiger partial charge in [0.25, 0.3) is 0 Å². The lowest BCUT2D eigenvalue weighted by Crippen LogP contribution is -2.33. The predicted molar refractivity (Wildman–Crippen MR) is 79.4 cm³/mol. The summed E-state index contributed by atoms with van der Waals surface area (Å²) < 4.78 is 11.0. The van der Waals surface area contributed by atoms with Crippen LogP contribution in [-0.4, -0.2) is 20.3 Å². The van der Waals surface area contributed by atoms with Crippen LogP contribution in [0.2, 0.25) is 0 Å². The van der Waals surface area contributed by atoms with E-state index in [1.165, 1.54) is 11.1 Å². The summed E-state index contributed by atoms with van der Waals surface area (Å²) in [5, 5.41) is 3.52. The molecule has 1 unspecified atom stereocenters. The van der Waals surface area contributed by atoms with Gasteiger partial charge in [-0.05, 0) is 48.4 Å². The fourth-order valence-electron chi connectivity index (χ4n) is 2.59. The van der Waals surface area contributed by atoms with Crippen LogP contribution >= 0.6 is 0 Å². The lowest BCUT2D eigenvalue weighted by molar-refractivity contribution is 0.261. The summed E-state index contributed by atoms with van der Waals surface area (Å²) >= 11 is 0. The Morgan fingerprint density at radius 2 is 1.80 bits per heavy atom. The highest BCUT2D eigenvalue weighted by atomic mass is 16.5. The van der Waals surface area contributed by atoms with E-state index in [-0.39, 0.29) is 6.04 Å². The number of rotatable bonds is 4. The van der Waals surface area contributed by atoms with Gasteiger partial charge >= 0.3 is 0 Å². The van der Waals surface area contributed by atoms with Crippen molar-refractivity contribution in [2.45, 2.75) is 12.5 Å². The van der Waals surface area contributed by atoms with E-state index in [2.05, 4.69) is 29.6 Å². The van der Waals surface area contributed by atoms with Crippen molar-refractivity contribution < 1.29 is 9.47 Å². The standard InChI is InChI=1S/C17H19NO2/c1-19-14-6-8-15(9-7-14)20-12-17-16-5-3-2-4-13(16)10-11-18-17/h2-9,17-18H,10-12H2,1H3. The fourth-order valence-corrected chi connectivity index (χ4v) is 2.59. The van der Waals surface area contributed by atoms with Crippen molar-refractivity contribution in [3.63, 3.8) is 0 Å². The molecule has 0 aromatic heterocycles. The second kappa shape index (κ2) is 5.97. The molecule has 2 aromatic rings. The van der Waals surface area contributed by atoms with Crippen LogP contribution in [0.3, 0.4) is 0 Å². The quantitative estimate of drug-likeness (QED) is 0.925. The third-order valence-corrected chi connectivity index (χ3v) is 3.69. The molecule has 0 radical (unpaired) electrons. The molecular weight excluding hydrogens is 250 g/mol. The van der Waals surface area contributed by atoms with E-state index in [4.69, 9.17) is 9.47 Å². The monoisotopic (exact) mass is 269 g/mol. The first kappa shape index (κ1) is 13.0. The minimum atomic E-state index is 0.266. The van der Waals surface area contributed by atoms with Crippen LogP contribution in [0, 0.1) is 0 Å². The van der Waals surface area contributed by atoms with Crippen molar-refractivity contribution >= 4 is 0 Å². The van der Waals surface area contributed by atoms with Gasteiger partial charge in [0.15, 0.2) is 0 Å². The number of hydrogen-bond acceptors (Lipinski definition) is 3. The van der Waals surface area contributed by atoms with E-state index in [0.29, 0.717) is 6.61 Å². The normalized spacial score (nSPS) is 17.4. The zero-order chi connectivity index (χ0) is 13.8. The van der Waals surface area contributed by atoms with Crippen LogP contribution < -0.4 is 14.8 Å². The van der Waals surface area contributed by atoms with E-state index in [0.717, 1.165) is 24.5 Å². The maximum atomic E-state index is 5.88. The third kappa shape index (κ3) is 2.78. The van der Waals surface area contributed by atoms with Crippen molar-refractivity contribution in [3.05, 3.63) is 59.7 Å². The van der Waals surface area contributed by atoms with E-state index in [1.807, 2.05) is 24.3 Å². The van der Waals surface area contributed by atoms with Gasteiger partial charge in [0.05, 0.1) is 13.2 Å². The van der Waals surface area contributed by atoms with Gasteiger partial charge in [-0.3, -0.25) is 0 Å². The van der Waals surface area contributed by atoms with E-state index in [1.54, 1.807) is 7.11 Å². The van der Waals surface area contributed by atoms with Gasteiger partial charge in [-0.15, -0.1) is 0 Å². The average molecular weight is 269 g/mol. The molecular formula is C17H19NO2. The van der Waals surface area contributed by atoms with Crippen molar-refractivity contribution in [1.29, 1.82) is 0 Å². The topological polar surface area (TPSA) is 30.5 Å². The number of ether oxygens (including phenoxy) is 2. The number of nitrogens with one attached hydrogen (secondary N) is 1. The molecule has 1 aliphatic rings. The third-order valence-electron chi connectivity index (χ3n) is 3.69. The SMILES string of the molecule is COc1ccc(OCC2NCCc3ccccc32)cc1. The Kier molecular flexibility index (Phi) is 3.88. The molecule has 1 heterocycles. The molecule has 0 aliphatic carbocycles. The van der Waals surface area contributed by atoms with Gasteiger partial charge in [-0.2, -0.15) is 0 Å². The highest BCUT2D eigenvalue weighted by molar-refractivity contribution is 5.34. The Bertz CT molecular complexity index is 565. The minimum absolute atomic E-state index is 0.266. The maximum absolute atomic E-state index is 5.88. The second-order valence-corrected chi connectivity index (χ2v) is 4.94. The molecule has 0 spiro atoms. The molecule has 0 bridgehead atoms. The molecule has 1 N–H and O–H groups in total. The van der Waals surface area contributed by atoms with Crippen LogP contribution in [0.4, 0.5) is 0 Å². The average Bonchev–Trinajstić information content (AvgIpc) is 2.53. The van der Waals surface area contributed by atoms with Crippen LogP contribution in [-0.2, 0) is 6.42 Å². The van der Waals surface area contributed by atoms with Crippen LogP contribution in [0.1, 0.15) is 17.2 Å². The zero-order valence-electron chi connectivity index (χ0n) is 11.6. The van der Waals surface area contributed by atoms with Gasteiger partial charge in [-0.25, -0.2) is 0 Å². The summed E-state index contributed by atoms with van der Waals surface area (Å²) in [5.74, 6) is 1.72. The fraction of sp³-hybridized carbons (Fsp3) is 0.294. The van der Waals surface area contributed by atoms with E-state index >= 15 is 0 Å². The number of benzene rings is 2. The van der Waals surface area contributed by atoms with Crippen LogP contribution in [0.15, 0.2) is 48.5 Å². The Labute approximate surface area is 119 Å². The smallest absolute Gasteiger partial charge is 0.119 e. The number of hydrogen-bond donors (Lipinski definition) is 1. The molecule has 3 nitrogen and oxygen atoms in total. The van der Waals surface area contributed by atoms with Gasteiger partial charge < -0.3 is 14.8 Å². The lowest BCUT2D eigenvalue weighted by atomic mass is 9.95. The highest BCUT2D eigenvalue weighted by Crippen LogP contribution is 2.24. The zero-order valence-corrected chi connectivity index (χ0v) is 11.6. The predicted octanol–water partition coefficient (Wildman–Crippen LogP) is 2.96. The number of methoxy groups -OCH3 is 1. The van der Waals surface area contributed by atoms with Crippen LogP contribution in [0.25, 0.3) is 0 Å². The summed E-state index contributed by atoms with van der Waals surface area (Å²) in [6.45, 7) is 1.65. The minimum Gasteiger partial charge on any atom is -0.497 e. The molecule has 3 heteroatoms. The first-order valence-corrected chi connectivity index (χ1v) is 6.95. The van der Waals surface area contributed by atoms with Crippen molar-refractivity contribution in [2.75, 3.05) is 20.3 Å². The van der Waals surface area contributed by atoms with E-state index in [9.17, 15) is 0 Å². The van der Waals surface area contributed by atoms with Gasteiger partial charge in [0.2, 0.25) is 0 Å². The van der Waals surface area contributed by atoms with Gasteiger partial charge in [-0.1, -0.05) is 24.3 Å². The van der Waals surface area contributed by atoms with Gasteiger partial charge in [0.1, 0.15) is 18.1 Å². The summed E-state index contributed by atoms with van der Waals surface area (Å²) in [6.07, 6.45) is 1.09. The first-order valence-electron chi connectivity index (χ1n) is 6.95. The van der Waals surface area contributed by atoms with Gasteiger partial charge in [0, 0.05) is 0 Å². The van der Waals surface area contributed by atoms with Crippen molar-refractivity contribution in [1.82, 2.24) is 5.32 Å². The molecule has 20 heavy (non-hydrogen) atoms. The molecule has 0 amide bonds. The summed E-state index contributed by atoms with van der Waals surface area (Å²) in [4.78, 5) is 0. The summed E-state index contributed by atoms with van der Waals surface area (Å²) in [5.41, 5.74) is 2.78. The molecule has 1 atom stereocenters. The molecule has 0 saturated carbocycles. The Hall–Kier alpha value is -2.00.